The van der Waals surface area contributed by atoms with E-state index in [1.807, 2.05) is 42.5 Å². The van der Waals surface area contributed by atoms with Crippen LogP contribution in [0.3, 0.4) is 0 Å². The van der Waals surface area contributed by atoms with Crippen molar-refractivity contribution in [3.05, 3.63) is 48.3 Å². The maximum absolute atomic E-state index is 10.1. The third-order valence-electron chi connectivity index (χ3n) is 4.76. The number of nitrogens with zero attached hydrogens (tertiary/aromatic N) is 2. The first-order valence-electron chi connectivity index (χ1n) is 8.38. The summed E-state index contributed by atoms with van der Waals surface area (Å²) in [6, 6.07) is 13.0. The van der Waals surface area contributed by atoms with E-state index in [0.29, 0.717) is 11.6 Å². The molecule has 5 atom stereocenters. The molecule has 1 aliphatic rings. The van der Waals surface area contributed by atoms with E-state index in [4.69, 9.17) is 10.5 Å². The molecule has 0 saturated carbocycles. The maximum atomic E-state index is 10.1. The molecule has 3 aromatic rings. The molecule has 136 valence electrons. The fraction of sp³-hybridized carbons (Fsp3) is 0.333. The quantitative estimate of drug-likeness (QED) is 0.449. The first-order chi connectivity index (χ1) is 12.6. The number of nitrogens with one attached hydrogen (secondary N) is 1. The zero-order valence-electron chi connectivity index (χ0n) is 13.9. The van der Waals surface area contributed by atoms with Crippen molar-refractivity contribution < 1.29 is 20.1 Å². The van der Waals surface area contributed by atoms with E-state index in [-0.39, 0.29) is 0 Å². The second-order valence-electron chi connectivity index (χ2n) is 6.44. The standard InChI is InChI=1S/C18H20N4O4/c19-13-15(25)14(24)12(8-23)26-16(13)18-20-17(21-22-18)11-6-5-9-3-1-2-4-10(9)7-11/h1-7,12-16,23-25H,8,19H2,(H,20,21,22)/t12-,13-,14-,15-,16-/m1/s1. The molecule has 0 bridgehead atoms. The van der Waals surface area contributed by atoms with Gasteiger partial charge in [0.15, 0.2) is 11.6 Å². The fourth-order valence-electron chi connectivity index (χ4n) is 3.24. The van der Waals surface area contributed by atoms with Crippen molar-refractivity contribution in [1.82, 2.24) is 15.2 Å². The van der Waals surface area contributed by atoms with Gasteiger partial charge in [-0.05, 0) is 16.8 Å². The SMILES string of the molecule is N[C@@H]1[C@@H](O)[C@H](O)[C@@H](CO)O[C@H]1c1nc(-c2ccc3ccccc3c2)n[nH]1. The summed E-state index contributed by atoms with van der Waals surface area (Å²) in [5.74, 6) is 0.813. The second kappa shape index (κ2) is 6.75. The van der Waals surface area contributed by atoms with Gasteiger partial charge in [-0.25, -0.2) is 4.98 Å². The Morgan fingerprint density at radius 1 is 1.08 bits per heavy atom. The van der Waals surface area contributed by atoms with E-state index in [1.54, 1.807) is 0 Å². The van der Waals surface area contributed by atoms with Gasteiger partial charge in [0.05, 0.1) is 12.6 Å². The lowest BCUT2D eigenvalue weighted by Crippen LogP contribution is -2.58. The largest absolute Gasteiger partial charge is 0.394 e. The van der Waals surface area contributed by atoms with Crippen molar-refractivity contribution in [2.45, 2.75) is 30.5 Å². The molecular formula is C18H20N4O4. The van der Waals surface area contributed by atoms with Crippen LogP contribution in [0.5, 0.6) is 0 Å². The first-order valence-corrected chi connectivity index (χ1v) is 8.38. The Balaban J connectivity index is 1.64. The zero-order valence-corrected chi connectivity index (χ0v) is 13.9. The number of hydrogen-bond acceptors (Lipinski definition) is 7. The summed E-state index contributed by atoms with van der Waals surface area (Å²) in [5, 5.41) is 38.5. The Morgan fingerprint density at radius 2 is 1.85 bits per heavy atom. The minimum Gasteiger partial charge on any atom is -0.394 e. The van der Waals surface area contributed by atoms with Crippen LogP contribution in [0.4, 0.5) is 0 Å². The number of nitrogens with two attached hydrogens (primary N) is 1. The topological polar surface area (TPSA) is 138 Å². The van der Waals surface area contributed by atoms with E-state index in [9.17, 15) is 15.3 Å². The molecule has 1 aromatic heterocycles. The van der Waals surface area contributed by atoms with Crippen LogP contribution in [0.2, 0.25) is 0 Å². The monoisotopic (exact) mass is 356 g/mol. The van der Waals surface area contributed by atoms with E-state index < -0.39 is 37.1 Å². The lowest BCUT2D eigenvalue weighted by atomic mass is 9.93. The van der Waals surface area contributed by atoms with Gasteiger partial charge in [-0.1, -0.05) is 36.4 Å². The number of aromatic nitrogens is 3. The van der Waals surface area contributed by atoms with Crippen LogP contribution < -0.4 is 5.73 Å². The Labute approximate surface area is 149 Å². The lowest BCUT2D eigenvalue weighted by Gasteiger charge is -2.39. The third kappa shape index (κ3) is 2.87. The molecule has 0 spiro atoms. The van der Waals surface area contributed by atoms with Gasteiger partial charge in [0.1, 0.15) is 24.4 Å². The molecule has 8 nitrogen and oxygen atoms in total. The highest BCUT2D eigenvalue weighted by Gasteiger charge is 2.44. The van der Waals surface area contributed by atoms with Gasteiger partial charge >= 0.3 is 0 Å². The van der Waals surface area contributed by atoms with Crippen LogP contribution in [-0.2, 0) is 4.74 Å². The zero-order chi connectivity index (χ0) is 18.3. The van der Waals surface area contributed by atoms with Gasteiger partial charge in [0.25, 0.3) is 0 Å². The number of ether oxygens (including phenoxy) is 1. The van der Waals surface area contributed by atoms with Crippen LogP contribution in [0.15, 0.2) is 42.5 Å². The number of H-pyrrole nitrogens is 1. The van der Waals surface area contributed by atoms with Crippen molar-refractivity contribution in [1.29, 1.82) is 0 Å². The predicted molar refractivity (Wildman–Crippen MR) is 94.0 cm³/mol. The highest BCUT2D eigenvalue weighted by atomic mass is 16.5. The molecule has 26 heavy (non-hydrogen) atoms. The van der Waals surface area contributed by atoms with Gasteiger partial charge in [-0.3, -0.25) is 5.10 Å². The Hall–Kier alpha value is -2.36. The summed E-state index contributed by atoms with van der Waals surface area (Å²) in [4.78, 5) is 4.44. The Bertz CT molecular complexity index is 913. The van der Waals surface area contributed by atoms with E-state index in [0.717, 1.165) is 16.3 Å². The van der Waals surface area contributed by atoms with Gasteiger partial charge in [0, 0.05) is 5.56 Å². The smallest absolute Gasteiger partial charge is 0.181 e. The van der Waals surface area contributed by atoms with Gasteiger partial charge in [-0.15, -0.1) is 0 Å². The van der Waals surface area contributed by atoms with Crippen molar-refractivity contribution >= 4 is 10.8 Å². The minimum atomic E-state index is -1.26. The molecule has 1 saturated heterocycles. The van der Waals surface area contributed by atoms with Crippen LogP contribution in [-0.4, -0.2) is 61.5 Å². The molecule has 2 heterocycles. The first kappa shape index (κ1) is 17.1. The molecule has 0 amide bonds. The lowest BCUT2D eigenvalue weighted by molar-refractivity contribution is -0.192. The predicted octanol–water partition coefficient (Wildman–Crippen LogP) is 0.106. The number of aliphatic hydroxyl groups is 3. The highest BCUT2D eigenvalue weighted by Crippen LogP contribution is 2.30. The molecule has 0 unspecified atom stereocenters. The number of aliphatic hydroxyl groups excluding tert-OH is 3. The molecule has 6 N–H and O–H groups in total. The molecule has 0 aliphatic carbocycles. The number of aromatic amines is 1. The number of rotatable bonds is 3. The molecule has 4 rings (SSSR count). The van der Waals surface area contributed by atoms with Gasteiger partial charge in [-0.2, -0.15) is 5.10 Å². The summed E-state index contributed by atoms with van der Waals surface area (Å²) in [7, 11) is 0. The van der Waals surface area contributed by atoms with Gasteiger partial charge in [0.2, 0.25) is 0 Å². The van der Waals surface area contributed by atoms with Crippen LogP contribution >= 0.6 is 0 Å². The van der Waals surface area contributed by atoms with Gasteiger partial charge < -0.3 is 25.8 Å². The van der Waals surface area contributed by atoms with Crippen LogP contribution in [0.25, 0.3) is 22.2 Å². The highest BCUT2D eigenvalue weighted by molar-refractivity contribution is 5.86. The van der Waals surface area contributed by atoms with Crippen molar-refractivity contribution in [2.24, 2.45) is 5.73 Å². The van der Waals surface area contributed by atoms with Crippen molar-refractivity contribution in [2.75, 3.05) is 6.61 Å². The minimum absolute atomic E-state index is 0.338. The summed E-state index contributed by atoms with van der Waals surface area (Å²) in [5.41, 5.74) is 6.81. The van der Waals surface area contributed by atoms with Crippen molar-refractivity contribution in [3.63, 3.8) is 0 Å². The molecule has 1 fully saturated rings. The second-order valence-corrected chi connectivity index (χ2v) is 6.44. The van der Waals surface area contributed by atoms with Crippen LogP contribution in [0.1, 0.15) is 11.9 Å². The van der Waals surface area contributed by atoms with E-state index in [2.05, 4.69) is 15.2 Å². The normalized spacial score (nSPS) is 29.2. The third-order valence-corrected chi connectivity index (χ3v) is 4.76. The van der Waals surface area contributed by atoms with Crippen LogP contribution in [0, 0.1) is 0 Å². The number of fused-ring (bicyclic) bond motifs is 1. The average molecular weight is 356 g/mol. The average Bonchev–Trinajstić information content (AvgIpc) is 3.16. The van der Waals surface area contributed by atoms with E-state index in [1.165, 1.54) is 0 Å². The molecular weight excluding hydrogens is 336 g/mol. The summed E-state index contributed by atoms with van der Waals surface area (Å²) in [6.07, 6.45) is -4.24. The molecule has 1 aliphatic heterocycles. The van der Waals surface area contributed by atoms with Crippen molar-refractivity contribution in [3.8, 4) is 11.4 Å². The number of hydrogen-bond donors (Lipinski definition) is 5. The fourth-order valence-corrected chi connectivity index (χ4v) is 3.24. The Kier molecular flexibility index (Phi) is 4.43. The van der Waals surface area contributed by atoms with E-state index >= 15 is 0 Å². The molecule has 8 heteroatoms. The molecule has 0 radical (unpaired) electrons. The summed E-state index contributed by atoms with van der Waals surface area (Å²) >= 11 is 0. The number of benzene rings is 2. The maximum Gasteiger partial charge on any atom is 0.181 e. The molecule has 2 aromatic carbocycles. The summed E-state index contributed by atoms with van der Waals surface area (Å²) in [6.45, 7) is -0.437. The summed E-state index contributed by atoms with van der Waals surface area (Å²) < 4.78 is 5.62. The Morgan fingerprint density at radius 3 is 2.62 bits per heavy atom.